The third kappa shape index (κ3) is 4.28. The predicted molar refractivity (Wildman–Crippen MR) is 137 cm³/mol. The first kappa shape index (κ1) is 21.5. The number of carbonyl (C=O) groups is 1. The van der Waals surface area contributed by atoms with Crippen molar-refractivity contribution in [3.63, 3.8) is 0 Å². The summed E-state index contributed by atoms with van der Waals surface area (Å²) in [7, 11) is 0. The lowest BCUT2D eigenvalue weighted by molar-refractivity contribution is 0.101. The first-order valence-electron chi connectivity index (χ1n) is 11.2. The van der Waals surface area contributed by atoms with Gasteiger partial charge in [0.05, 0.1) is 5.56 Å². The molecule has 0 fully saturated rings. The number of Topliss-reactive ketones (excluding diaryl/α,β-unsaturated/α-hetero) is 1. The summed E-state index contributed by atoms with van der Waals surface area (Å²) >= 11 is 0. The lowest BCUT2D eigenvalue weighted by atomic mass is 10.0. The molecule has 4 aromatic carbocycles. The molecule has 0 saturated carbocycles. The fraction of sp³-hybridized carbons (Fsp3) is 0.0645. The van der Waals surface area contributed by atoms with Crippen molar-refractivity contribution < 1.29 is 14.3 Å². The molecule has 0 radical (unpaired) electrons. The minimum atomic E-state index is -0.114. The summed E-state index contributed by atoms with van der Waals surface area (Å²) in [5.74, 6) is 1.48. The highest BCUT2D eigenvalue weighted by Crippen LogP contribution is 2.39. The van der Waals surface area contributed by atoms with E-state index >= 15 is 0 Å². The molecule has 0 saturated heterocycles. The molecule has 0 bridgehead atoms. The summed E-state index contributed by atoms with van der Waals surface area (Å²) in [6.45, 7) is 6.13. The highest BCUT2D eigenvalue weighted by Gasteiger charge is 2.30. The Morgan fingerprint density at radius 2 is 1.50 bits per heavy atom. The fourth-order valence-corrected chi connectivity index (χ4v) is 3.99. The van der Waals surface area contributed by atoms with Crippen LogP contribution in [0.5, 0.6) is 11.5 Å². The standard InChI is InChI=1S/C31H24O3/c1-3-22-9-11-24(12-10-22)20-33-28-18-17-27-30(32)29(34-31(27)21(28)2)19-23-13-15-26(16-14-23)25-7-5-4-6-8-25/h3-19H,1,20H2,2H3/b29-19-. The van der Waals surface area contributed by atoms with Gasteiger partial charge in [-0.2, -0.15) is 0 Å². The van der Waals surface area contributed by atoms with Crippen LogP contribution in [0.2, 0.25) is 0 Å². The summed E-state index contributed by atoms with van der Waals surface area (Å²) < 4.78 is 12.0. The van der Waals surface area contributed by atoms with Crippen molar-refractivity contribution in [3.05, 3.63) is 131 Å². The summed E-state index contributed by atoms with van der Waals surface area (Å²) in [5, 5.41) is 0. The van der Waals surface area contributed by atoms with Gasteiger partial charge in [-0.3, -0.25) is 4.79 Å². The van der Waals surface area contributed by atoms with Gasteiger partial charge in [0.2, 0.25) is 5.78 Å². The molecule has 5 rings (SSSR count). The zero-order valence-electron chi connectivity index (χ0n) is 19.0. The van der Waals surface area contributed by atoms with Crippen LogP contribution in [0.3, 0.4) is 0 Å². The molecule has 1 aliphatic heterocycles. The molecule has 3 nitrogen and oxygen atoms in total. The second-order valence-electron chi connectivity index (χ2n) is 8.23. The van der Waals surface area contributed by atoms with Crippen LogP contribution in [0.15, 0.2) is 103 Å². The van der Waals surface area contributed by atoms with E-state index in [-0.39, 0.29) is 5.78 Å². The van der Waals surface area contributed by atoms with Crippen LogP contribution in [0.1, 0.15) is 32.6 Å². The second-order valence-corrected chi connectivity index (χ2v) is 8.23. The van der Waals surface area contributed by atoms with Gasteiger partial charge < -0.3 is 9.47 Å². The van der Waals surface area contributed by atoms with E-state index in [2.05, 4.69) is 18.7 Å². The molecule has 4 aromatic rings. The Hall–Kier alpha value is -4.37. The predicted octanol–water partition coefficient (Wildman–Crippen LogP) is 7.50. The SMILES string of the molecule is C=Cc1ccc(COc2ccc3c(c2C)O/C(=C\c2ccc(-c4ccccc4)cc2)C3=O)cc1. The van der Waals surface area contributed by atoms with E-state index < -0.39 is 0 Å². The van der Waals surface area contributed by atoms with Crippen molar-refractivity contribution in [3.8, 4) is 22.6 Å². The van der Waals surface area contributed by atoms with Crippen molar-refractivity contribution >= 4 is 17.9 Å². The van der Waals surface area contributed by atoms with Crippen molar-refractivity contribution in [1.82, 2.24) is 0 Å². The van der Waals surface area contributed by atoms with E-state index in [1.165, 1.54) is 0 Å². The van der Waals surface area contributed by atoms with Crippen molar-refractivity contribution in [1.29, 1.82) is 0 Å². The minimum absolute atomic E-state index is 0.114. The lowest BCUT2D eigenvalue weighted by Gasteiger charge is -2.11. The Balaban J connectivity index is 1.33. The summed E-state index contributed by atoms with van der Waals surface area (Å²) in [6.07, 6.45) is 3.60. The van der Waals surface area contributed by atoms with E-state index in [4.69, 9.17) is 9.47 Å². The molecule has 166 valence electrons. The van der Waals surface area contributed by atoms with Gasteiger partial charge in [-0.25, -0.2) is 0 Å². The van der Waals surface area contributed by atoms with Gasteiger partial charge in [0, 0.05) is 5.56 Å². The maximum absolute atomic E-state index is 13.0. The number of hydrogen-bond acceptors (Lipinski definition) is 3. The first-order valence-corrected chi connectivity index (χ1v) is 11.2. The summed E-state index contributed by atoms with van der Waals surface area (Å²) in [6, 6.07) is 29.9. The van der Waals surface area contributed by atoms with Gasteiger partial charge in [-0.1, -0.05) is 91.5 Å². The molecule has 0 N–H and O–H groups in total. The highest BCUT2D eigenvalue weighted by molar-refractivity contribution is 6.15. The maximum atomic E-state index is 13.0. The van der Waals surface area contributed by atoms with E-state index in [1.807, 2.05) is 85.8 Å². The Bertz CT molecular complexity index is 1380. The Morgan fingerprint density at radius 1 is 0.824 bits per heavy atom. The van der Waals surface area contributed by atoms with Crippen LogP contribution in [0.25, 0.3) is 23.3 Å². The van der Waals surface area contributed by atoms with Crippen LogP contribution in [0, 0.1) is 6.92 Å². The molecule has 0 aromatic heterocycles. The zero-order chi connectivity index (χ0) is 23.5. The number of fused-ring (bicyclic) bond motifs is 1. The molecule has 1 heterocycles. The first-order chi connectivity index (χ1) is 16.6. The number of hydrogen-bond donors (Lipinski definition) is 0. The number of allylic oxidation sites excluding steroid dienone is 1. The molecule has 34 heavy (non-hydrogen) atoms. The van der Waals surface area contributed by atoms with Gasteiger partial charge in [0.15, 0.2) is 5.76 Å². The number of benzene rings is 4. The number of ketones is 1. The van der Waals surface area contributed by atoms with Crippen LogP contribution in [-0.2, 0) is 6.61 Å². The van der Waals surface area contributed by atoms with E-state index in [1.54, 1.807) is 12.1 Å². The Kier molecular flexibility index (Phi) is 5.84. The Labute approximate surface area is 199 Å². The monoisotopic (exact) mass is 444 g/mol. The molecule has 3 heteroatoms. The van der Waals surface area contributed by atoms with Crippen molar-refractivity contribution in [2.75, 3.05) is 0 Å². The van der Waals surface area contributed by atoms with Gasteiger partial charge >= 0.3 is 0 Å². The number of rotatable bonds is 6. The molecule has 1 aliphatic rings. The van der Waals surface area contributed by atoms with Crippen LogP contribution < -0.4 is 9.47 Å². The van der Waals surface area contributed by atoms with Gasteiger partial charge in [0.25, 0.3) is 0 Å². The van der Waals surface area contributed by atoms with Gasteiger partial charge in [-0.05, 0) is 52.9 Å². The largest absolute Gasteiger partial charge is 0.488 e. The third-order valence-electron chi connectivity index (χ3n) is 5.96. The molecule has 0 atom stereocenters. The molecule has 0 spiro atoms. The van der Waals surface area contributed by atoms with Crippen LogP contribution in [-0.4, -0.2) is 5.78 Å². The second kappa shape index (κ2) is 9.24. The van der Waals surface area contributed by atoms with E-state index in [0.29, 0.717) is 29.4 Å². The molecular formula is C31H24O3. The summed E-state index contributed by atoms with van der Waals surface area (Å²) in [5.41, 5.74) is 6.70. The quantitative estimate of drug-likeness (QED) is 0.289. The van der Waals surface area contributed by atoms with Crippen molar-refractivity contribution in [2.45, 2.75) is 13.5 Å². The molecule has 0 aliphatic carbocycles. The normalized spacial score (nSPS) is 13.4. The third-order valence-corrected chi connectivity index (χ3v) is 5.96. The topological polar surface area (TPSA) is 35.5 Å². The highest BCUT2D eigenvalue weighted by atomic mass is 16.5. The average Bonchev–Trinajstić information content (AvgIpc) is 3.20. The van der Waals surface area contributed by atoms with Crippen molar-refractivity contribution in [2.24, 2.45) is 0 Å². The van der Waals surface area contributed by atoms with E-state index in [0.717, 1.165) is 33.4 Å². The molecule has 0 amide bonds. The van der Waals surface area contributed by atoms with E-state index in [9.17, 15) is 4.79 Å². The minimum Gasteiger partial charge on any atom is -0.488 e. The fourth-order valence-electron chi connectivity index (χ4n) is 3.99. The van der Waals surface area contributed by atoms with Crippen LogP contribution >= 0.6 is 0 Å². The van der Waals surface area contributed by atoms with Gasteiger partial charge in [-0.15, -0.1) is 0 Å². The smallest absolute Gasteiger partial charge is 0.231 e. The maximum Gasteiger partial charge on any atom is 0.231 e. The number of carbonyl (C=O) groups excluding carboxylic acids is 1. The average molecular weight is 445 g/mol. The molecular weight excluding hydrogens is 420 g/mol. The van der Waals surface area contributed by atoms with Crippen LogP contribution in [0.4, 0.5) is 0 Å². The Morgan fingerprint density at radius 3 is 2.21 bits per heavy atom. The van der Waals surface area contributed by atoms with Gasteiger partial charge in [0.1, 0.15) is 18.1 Å². The zero-order valence-corrected chi connectivity index (χ0v) is 19.0. The number of ether oxygens (including phenoxy) is 2. The summed E-state index contributed by atoms with van der Waals surface area (Å²) in [4.78, 5) is 13.0. The lowest BCUT2D eigenvalue weighted by Crippen LogP contribution is -1.98. The molecule has 0 unspecified atom stereocenters.